The fourth-order valence-corrected chi connectivity index (χ4v) is 4.35. The lowest BCUT2D eigenvalue weighted by molar-refractivity contribution is -0.132. The Bertz CT molecular complexity index is 897. The van der Waals surface area contributed by atoms with Gasteiger partial charge in [0.05, 0.1) is 17.3 Å². The number of rotatable bonds is 6. The van der Waals surface area contributed by atoms with E-state index in [1.807, 2.05) is 47.4 Å². The van der Waals surface area contributed by atoms with Crippen LogP contribution in [0.2, 0.25) is 0 Å². The van der Waals surface area contributed by atoms with Crippen molar-refractivity contribution in [2.45, 2.75) is 31.8 Å². The van der Waals surface area contributed by atoms with Gasteiger partial charge in [0.1, 0.15) is 11.9 Å². The Morgan fingerprint density at radius 2 is 1.89 bits per heavy atom. The van der Waals surface area contributed by atoms with Crippen LogP contribution in [-0.2, 0) is 11.2 Å². The van der Waals surface area contributed by atoms with Crippen LogP contribution in [-0.4, -0.2) is 42.1 Å². The van der Waals surface area contributed by atoms with Crippen LogP contribution in [0, 0.1) is 0 Å². The zero-order chi connectivity index (χ0) is 19.3. The molecular weight excluding hydrogens is 372 g/mol. The molecule has 1 fully saturated rings. The molecule has 0 unspecified atom stereocenters. The first kappa shape index (κ1) is 18.7. The number of piperidine rings is 1. The molecule has 0 atom stereocenters. The fraction of sp³-hybridized carbons (Fsp3) is 0.364. The van der Waals surface area contributed by atoms with Gasteiger partial charge in [0.2, 0.25) is 5.91 Å². The summed E-state index contributed by atoms with van der Waals surface area (Å²) in [6.45, 7) is 1.49. The number of ether oxygens (including phenoxy) is 2. The normalized spacial score (nSPS) is 15.0. The van der Waals surface area contributed by atoms with Gasteiger partial charge in [-0.1, -0.05) is 35.6 Å². The molecule has 1 aliphatic rings. The number of methoxy groups -OCH3 is 1. The summed E-state index contributed by atoms with van der Waals surface area (Å²) < 4.78 is 12.4. The summed E-state index contributed by atoms with van der Waals surface area (Å²) in [5.41, 5.74) is 2.14. The first-order valence-electron chi connectivity index (χ1n) is 9.64. The van der Waals surface area contributed by atoms with Gasteiger partial charge in [-0.3, -0.25) is 4.79 Å². The first-order chi connectivity index (χ1) is 13.7. The van der Waals surface area contributed by atoms with Crippen LogP contribution in [0.25, 0.3) is 10.2 Å². The summed E-state index contributed by atoms with van der Waals surface area (Å²) in [4.78, 5) is 19.0. The molecule has 1 amide bonds. The van der Waals surface area contributed by atoms with Gasteiger partial charge in [-0.25, -0.2) is 4.98 Å². The molecule has 1 aromatic heterocycles. The van der Waals surface area contributed by atoms with Gasteiger partial charge in [0.25, 0.3) is 5.19 Å². The Morgan fingerprint density at radius 3 is 2.61 bits per heavy atom. The minimum Gasteiger partial charge on any atom is -0.497 e. The van der Waals surface area contributed by atoms with Gasteiger partial charge in [-0.05, 0) is 36.2 Å². The summed E-state index contributed by atoms with van der Waals surface area (Å²) in [6, 6.07) is 16.0. The van der Waals surface area contributed by atoms with Gasteiger partial charge in [0, 0.05) is 32.4 Å². The van der Waals surface area contributed by atoms with Gasteiger partial charge in [0.15, 0.2) is 0 Å². The first-order valence-corrected chi connectivity index (χ1v) is 10.5. The van der Waals surface area contributed by atoms with Crippen molar-refractivity contribution < 1.29 is 14.3 Å². The van der Waals surface area contributed by atoms with Crippen molar-refractivity contribution in [3.63, 3.8) is 0 Å². The summed E-state index contributed by atoms with van der Waals surface area (Å²) in [5, 5.41) is 0.727. The number of hydrogen-bond donors (Lipinski definition) is 0. The third kappa shape index (κ3) is 4.44. The van der Waals surface area contributed by atoms with Crippen molar-refractivity contribution in [3.8, 4) is 10.9 Å². The highest BCUT2D eigenvalue weighted by Gasteiger charge is 2.24. The maximum absolute atomic E-state index is 12.5. The molecule has 0 bridgehead atoms. The summed E-state index contributed by atoms with van der Waals surface area (Å²) in [5.74, 6) is 1.06. The highest BCUT2D eigenvalue weighted by Crippen LogP contribution is 2.29. The van der Waals surface area contributed by atoms with E-state index in [0.717, 1.165) is 59.1 Å². The number of hydrogen-bond acceptors (Lipinski definition) is 5. The Hall–Kier alpha value is -2.60. The van der Waals surface area contributed by atoms with Gasteiger partial charge < -0.3 is 14.4 Å². The quantitative estimate of drug-likeness (QED) is 0.623. The number of carbonyl (C=O) groups excluding carboxylic acids is 1. The average Bonchev–Trinajstić information content (AvgIpc) is 3.15. The summed E-state index contributed by atoms with van der Waals surface area (Å²) in [6.07, 6.45) is 3.13. The number of fused-ring (bicyclic) bond motifs is 1. The van der Waals surface area contributed by atoms with Crippen molar-refractivity contribution in [3.05, 3.63) is 54.1 Å². The van der Waals surface area contributed by atoms with E-state index in [1.165, 1.54) is 0 Å². The molecule has 2 heterocycles. The lowest BCUT2D eigenvalue weighted by Crippen LogP contribution is -2.41. The van der Waals surface area contributed by atoms with Gasteiger partial charge in [-0.15, -0.1) is 0 Å². The predicted octanol–water partition coefficient (Wildman–Crippen LogP) is 4.31. The highest BCUT2D eigenvalue weighted by molar-refractivity contribution is 7.20. The van der Waals surface area contributed by atoms with E-state index in [2.05, 4.69) is 11.1 Å². The van der Waals surface area contributed by atoms with Crippen LogP contribution in [0.1, 0.15) is 24.8 Å². The number of para-hydroxylation sites is 1. The molecule has 146 valence electrons. The summed E-state index contributed by atoms with van der Waals surface area (Å²) in [7, 11) is 1.66. The van der Waals surface area contributed by atoms with Crippen LogP contribution < -0.4 is 9.47 Å². The zero-order valence-electron chi connectivity index (χ0n) is 16.0. The molecule has 0 saturated carbocycles. The molecule has 6 heteroatoms. The number of benzene rings is 2. The molecule has 28 heavy (non-hydrogen) atoms. The number of amides is 1. The smallest absolute Gasteiger partial charge is 0.274 e. The molecule has 4 rings (SSSR count). The average molecular weight is 397 g/mol. The van der Waals surface area contributed by atoms with E-state index in [-0.39, 0.29) is 12.0 Å². The Balaban J connectivity index is 1.24. The van der Waals surface area contributed by atoms with Crippen molar-refractivity contribution in [1.29, 1.82) is 0 Å². The van der Waals surface area contributed by atoms with Crippen LogP contribution in [0.15, 0.2) is 48.5 Å². The van der Waals surface area contributed by atoms with E-state index in [1.54, 1.807) is 18.4 Å². The van der Waals surface area contributed by atoms with Crippen LogP contribution in [0.3, 0.4) is 0 Å². The van der Waals surface area contributed by atoms with Crippen LogP contribution in [0.4, 0.5) is 0 Å². The number of aromatic nitrogens is 1. The van der Waals surface area contributed by atoms with Crippen LogP contribution >= 0.6 is 11.3 Å². The zero-order valence-corrected chi connectivity index (χ0v) is 16.8. The minimum absolute atomic E-state index is 0.131. The number of nitrogens with zero attached hydrogens (tertiary/aromatic N) is 2. The largest absolute Gasteiger partial charge is 0.497 e. The minimum atomic E-state index is 0.131. The molecule has 2 aromatic carbocycles. The molecule has 3 aromatic rings. The van der Waals surface area contributed by atoms with E-state index in [0.29, 0.717) is 6.42 Å². The highest BCUT2D eigenvalue weighted by atomic mass is 32.1. The Morgan fingerprint density at radius 1 is 1.14 bits per heavy atom. The summed E-state index contributed by atoms with van der Waals surface area (Å²) >= 11 is 1.58. The molecular formula is C22H24N2O3S. The second kappa shape index (κ2) is 8.61. The van der Waals surface area contributed by atoms with Crippen molar-refractivity contribution in [2.24, 2.45) is 0 Å². The molecule has 0 spiro atoms. The molecule has 0 N–H and O–H groups in total. The van der Waals surface area contributed by atoms with E-state index >= 15 is 0 Å². The number of aryl methyl sites for hydroxylation is 1. The second-order valence-electron chi connectivity index (χ2n) is 6.99. The number of likely N-dealkylation sites (tertiary alicyclic amines) is 1. The number of carbonyl (C=O) groups is 1. The Labute approximate surface area is 168 Å². The topological polar surface area (TPSA) is 51.7 Å². The monoisotopic (exact) mass is 396 g/mol. The maximum atomic E-state index is 12.5. The predicted molar refractivity (Wildman–Crippen MR) is 111 cm³/mol. The third-order valence-electron chi connectivity index (χ3n) is 5.12. The van der Waals surface area contributed by atoms with Crippen molar-refractivity contribution in [2.75, 3.05) is 20.2 Å². The van der Waals surface area contributed by atoms with Crippen LogP contribution in [0.5, 0.6) is 10.9 Å². The lowest BCUT2D eigenvalue weighted by atomic mass is 10.1. The second-order valence-corrected chi connectivity index (χ2v) is 7.99. The third-order valence-corrected chi connectivity index (χ3v) is 6.05. The van der Waals surface area contributed by atoms with E-state index in [9.17, 15) is 4.79 Å². The molecule has 1 aliphatic heterocycles. The van der Waals surface area contributed by atoms with E-state index < -0.39 is 0 Å². The number of thiazole rings is 1. The molecule has 5 nitrogen and oxygen atoms in total. The van der Waals surface area contributed by atoms with Gasteiger partial charge in [-0.2, -0.15) is 0 Å². The Kier molecular flexibility index (Phi) is 5.76. The molecule has 0 radical (unpaired) electrons. The standard InChI is InChI=1S/C22H24N2O3S/c1-26-17-9-6-16(7-10-17)8-11-21(25)24-14-12-18(13-15-24)27-22-23-19-4-2-3-5-20(19)28-22/h2-7,9-10,18H,8,11-15H2,1H3. The SMILES string of the molecule is COc1ccc(CCC(=O)N2CCC(Oc3nc4ccccc4s3)CC2)cc1. The molecule has 0 aliphatic carbocycles. The lowest BCUT2D eigenvalue weighted by Gasteiger charge is -2.31. The van der Waals surface area contributed by atoms with Gasteiger partial charge >= 0.3 is 0 Å². The van der Waals surface area contributed by atoms with E-state index in [4.69, 9.17) is 9.47 Å². The maximum Gasteiger partial charge on any atom is 0.274 e. The fourth-order valence-electron chi connectivity index (χ4n) is 3.47. The molecule has 1 saturated heterocycles. The van der Waals surface area contributed by atoms with Crippen molar-refractivity contribution >= 4 is 27.5 Å². The van der Waals surface area contributed by atoms with Crippen molar-refractivity contribution in [1.82, 2.24) is 9.88 Å².